The van der Waals surface area contributed by atoms with E-state index in [0.717, 1.165) is 36.2 Å². The summed E-state index contributed by atoms with van der Waals surface area (Å²) in [5.74, 6) is 2.20. The molecule has 3 atom stereocenters. The number of nitrogens with zero attached hydrogens (tertiary/aromatic N) is 2. The fourth-order valence-corrected chi connectivity index (χ4v) is 3.72. The van der Waals surface area contributed by atoms with Crippen molar-refractivity contribution in [3.63, 3.8) is 0 Å². The van der Waals surface area contributed by atoms with Gasteiger partial charge >= 0.3 is 0 Å². The monoisotopic (exact) mass is 296 g/mol. The van der Waals surface area contributed by atoms with Crippen molar-refractivity contribution in [1.29, 1.82) is 0 Å². The second-order valence-electron chi connectivity index (χ2n) is 5.27. The lowest BCUT2D eigenvalue weighted by Gasteiger charge is -2.21. The highest BCUT2D eigenvalue weighted by atomic mass is 79.9. The number of pyridine rings is 1. The maximum Gasteiger partial charge on any atom is 0.131 e. The first-order valence-electron chi connectivity index (χ1n) is 6.20. The first-order chi connectivity index (χ1) is 8.15. The quantitative estimate of drug-likeness (QED) is 0.864. The third-order valence-corrected chi connectivity index (χ3v) is 4.57. The molecule has 1 aromatic heterocycles. The van der Waals surface area contributed by atoms with Gasteiger partial charge in [0.25, 0.3) is 0 Å². The summed E-state index contributed by atoms with van der Waals surface area (Å²) in [4.78, 5) is 6.84. The van der Waals surface area contributed by atoms with Gasteiger partial charge in [-0.05, 0) is 53.2 Å². The summed E-state index contributed by atoms with van der Waals surface area (Å²) in [6, 6.07) is 2.10. The average molecular weight is 297 g/mol. The van der Waals surface area contributed by atoms with Gasteiger partial charge in [-0.25, -0.2) is 4.98 Å². The second kappa shape index (κ2) is 4.25. The Morgan fingerprint density at radius 3 is 2.94 bits per heavy atom. The van der Waals surface area contributed by atoms with Crippen molar-refractivity contribution in [2.24, 2.45) is 11.8 Å². The number of aryl methyl sites for hydroxylation is 1. The average Bonchev–Trinajstić information content (AvgIpc) is 2.81. The molecule has 1 saturated heterocycles. The number of halogens is 1. The van der Waals surface area contributed by atoms with Crippen LogP contribution in [0.5, 0.6) is 0 Å². The smallest absolute Gasteiger partial charge is 0.131 e. The van der Waals surface area contributed by atoms with Crippen molar-refractivity contribution >= 4 is 21.7 Å². The van der Waals surface area contributed by atoms with Crippen LogP contribution in [0.4, 0.5) is 5.82 Å². The molecule has 0 amide bonds. The van der Waals surface area contributed by atoms with Crippen molar-refractivity contribution in [3.8, 4) is 0 Å². The van der Waals surface area contributed by atoms with E-state index in [4.69, 9.17) is 0 Å². The molecular weight excluding hydrogens is 280 g/mol. The minimum Gasteiger partial charge on any atom is -0.393 e. The maximum absolute atomic E-state index is 9.92. The minimum atomic E-state index is -0.0965. The molecule has 3 unspecified atom stereocenters. The molecule has 3 nitrogen and oxygen atoms in total. The van der Waals surface area contributed by atoms with E-state index in [1.807, 2.05) is 6.20 Å². The van der Waals surface area contributed by atoms with Gasteiger partial charge in [0.15, 0.2) is 0 Å². The summed E-state index contributed by atoms with van der Waals surface area (Å²) >= 11 is 3.44. The molecule has 0 bridgehead atoms. The van der Waals surface area contributed by atoms with Gasteiger partial charge in [-0.3, -0.25) is 0 Å². The second-order valence-corrected chi connectivity index (χ2v) is 6.18. The van der Waals surface area contributed by atoms with Crippen LogP contribution in [0, 0.1) is 18.8 Å². The number of anilines is 1. The number of rotatable bonds is 1. The van der Waals surface area contributed by atoms with Crippen LogP contribution in [0.3, 0.4) is 0 Å². The Bertz CT molecular complexity index is 437. The zero-order chi connectivity index (χ0) is 12.0. The Kier molecular flexibility index (Phi) is 2.87. The molecule has 0 aromatic carbocycles. The van der Waals surface area contributed by atoms with Crippen LogP contribution in [0.2, 0.25) is 0 Å². The predicted octanol–water partition coefficient (Wildman–Crippen LogP) is 2.36. The summed E-state index contributed by atoms with van der Waals surface area (Å²) in [7, 11) is 0. The summed E-state index contributed by atoms with van der Waals surface area (Å²) in [5, 5.41) is 9.92. The highest BCUT2D eigenvalue weighted by Gasteiger charge is 2.42. The standard InChI is InChI=1S/C13H17BrN2O/c1-8-4-10(14)5-15-13(8)16-6-9-2-3-12(17)11(9)7-16/h4-5,9,11-12,17H,2-3,6-7H2,1H3. The number of aromatic nitrogens is 1. The van der Waals surface area contributed by atoms with E-state index in [1.165, 1.54) is 5.56 Å². The number of fused-ring (bicyclic) bond motifs is 1. The van der Waals surface area contributed by atoms with Gasteiger partial charge in [-0.1, -0.05) is 0 Å². The van der Waals surface area contributed by atoms with E-state index in [0.29, 0.717) is 11.8 Å². The van der Waals surface area contributed by atoms with Crippen LogP contribution in [0.25, 0.3) is 0 Å². The zero-order valence-corrected chi connectivity index (χ0v) is 11.5. The highest BCUT2D eigenvalue weighted by Crippen LogP contribution is 2.40. The molecule has 3 rings (SSSR count). The summed E-state index contributed by atoms with van der Waals surface area (Å²) in [6.07, 6.45) is 3.90. The lowest BCUT2D eigenvalue weighted by atomic mass is 10.00. The van der Waals surface area contributed by atoms with Gasteiger partial charge in [-0.15, -0.1) is 0 Å². The van der Waals surface area contributed by atoms with Crippen LogP contribution < -0.4 is 4.90 Å². The van der Waals surface area contributed by atoms with Crippen LogP contribution in [-0.2, 0) is 0 Å². The number of aliphatic hydroxyl groups excluding tert-OH is 1. The Balaban J connectivity index is 1.83. The molecule has 1 saturated carbocycles. The molecule has 1 aromatic rings. The Hall–Kier alpha value is -0.610. The van der Waals surface area contributed by atoms with Gasteiger partial charge in [-0.2, -0.15) is 0 Å². The predicted molar refractivity (Wildman–Crippen MR) is 71.1 cm³/mol. The summed E-state index contributed by atoms with van der Waals surface area (Å²) in [5.41, 5.74) is 1.20. The SMILES string of the molecule is Cc1cc(Br)cnc1N1CC2CCC(O)C2C1. The minimum absolute atomic E-state index is 0.0965. The number of hydrogen-bond donors (Lipinski definition) is 1. The molecule has 2 heterocycles. The fourth-order valence-electron chi connectivity index (χ4n) is 3.27. The molecule has 1 N–H and O–H groups in total. The van der Waals surface area contributed by atoms with Crippen LogP contribution in [0.15, 0.2) is 16.7 Å². The normalized spacial score (nSPS) is 31.9. The van der Waals surface area contributed by atoms with E-state index in [-0.39, 0.29) is 6.10 Å². The first-order valence-corrected chi connectivity index (χ1v) is 6.99. The number of aliphatic hydroxyl groups is 1. The molecule has 0 radical (unpaired) electrons. The van der Waals surface area contributed by atoms with E-state index < -0.39 is 0 Å². The molecule has 4 heteroatoms. The topological polar surface area (TPSA) is 36.4 Å². The lowest BCUT2D eigenvalue weighted by Crippen LogP contribution is -2.25. The van der Waals surface area contributed by atoms with E-state index >= 15 is 0 Å². The first kappa shape index (κ1) is 11.5. The van der Waals surface area contributed by atoms with E-state index in [9.17, 15) is 5.11 Å². The number of hydrogen-bond acceptors (Lipinski definition) is 3. The van der Waals surface area contributed by atoms with Gasteiger partial charge in [0.2, 0.25) is 0 Å². The third-order valence-electron chi connectivity index (χ3n) is 4.14. The molecular formula is C13H17BrN2O. The molecule has 1 aliphatic heterocycles. The van der Waals surface area contributed by atoms with Gasteiger partial charge in [0.05, 0.1) is 6.10 Å². The molecule has 0 spiro atoms. The molecule has 2 fully saturated rings. The lowest BCUT2D eigenvalue weighted by molar-refractivity contribution is 0.133. The van der Waals surface area contributed by atoms with Crippen molar-refractivity contribution < 1.29 is 5.11 Å². The zero-order valence-electron chi connectivity index (χ0n) is 9.93. The molecule has 17 heavy (non-hydrogen) atoms. The van der Waals surface area contributed by atoms with Crippen molar-refractivity contribution in [2.75, 3.05) is 18.0 Å². The fraction of sp³-hybridized carbons (Fsp3) is 0.615. The van der Waals surface area contributed by atoms with E-state index in [1.54, 1.807) is 0 Å². The van der Waals surface area contributed by atoms with Crippen LogP contribution >= 0.6 is 15.9 Å². The van der Waals surface area contributed by atoms with Crippen LogP contribution in [0.1, 0.15) is 18.4 Å². The van der Waals surface area contributed by atoms with Crippen molar-refractivity contribution in [1.82, 2.24) is 4.98 Å². The van der Waals surface area contributed by atoms with Crippen molar-refractivity contribution in [2.45, 2.75) is 25.9 Å². The Morgan fingerprint density at radius 1 is 1.41 bits per heavy atom. The van der Waals surface area contributed by atoms with Crippen LogP contribution in [-0.4, -0.2) is 29.3 Å². The molecule has 2 aliphatic rings. The Morgan fingerprint density at radius 2 is 2.24 bits per heavy atom. The largest absolute Gasteiger partial charge is 0.393 e. The van der Waals surface area contributed by atoms with E-state index in [2.05, 4.69) is 38.8 Å². The van der Waals surface area contributed by atoms with Gasteiger partial charge in [0.1, 0.15) is 5.82 Å². The molecule has 1 aliphatic carbocycles. The molecule has 92 valence electrons. The van der Waals surface area contributed by atoms with Gasteiger partial charge < -0.3 is 10.0 Å². The third kappa shape index (κ3) is 1.97. The highest BCUT2D eigenvalue weighted by molar-refractivity contribution is 9.10. The maximum atomic E-state index is 9.92. The Labute approximate surface area is 110 Å². The van der Waals surface area contributed by atoms with Crippen molar-refractivity contribution in [3.05, 3.63) is 22.3 Å². The van der Waals surface area contributed by atoms with Gasteiger partial charge in [0, 0.05) is 29.7 Å². The summed E-state index contributed by atoms with van der Waals surface area (Å²) in [6.45, 7) is 4.11. The summed E-state index contributed by atoms with van der Waals surface area (Å²) < 4.78 is 1.03.